The molecule has 0 rings (SSSR count). The molecule has 0 saturated carbocycles. The second-order valence-electron chi connectivity index (χ2n) is 2.86. The van der Waals surface area contributed by atoms with Crippen molar-refractivity contribution in [3.05, 3.63) is 11.3 Å². The summed E-state index contributed by atoms with van der Waals surface area (Å²) < 4.78 is 10.0. The van der Waals surface area contributed by atoms with E-state index in [0.717, 1.165) is 0 Å². The first-order chi connectivity index (χ1) is 7.08. The molecule has 0 radical (unpaired) electrons. The number of esters is 1. The quantitative estimate of drug-likeness (QED) is 0.222. The van der Waals surface area contributed by atoms with Crippen molar-refractivity contribution in [2.45, 2.75) is 34.1 Å². The van der Waals surface area contributed by atoms with E-state index in [1.54, 1.807) is 13.8 Å². The number of ketones is 1. The van der Waals surface area contributed by atoms with Crippen LogP contribution in [0, 0.1) is 0 Å². The van der Waals surface area contributed by atoms with Gasteiger partial charge in [-0.1, -0.05) is 6.92 Å². The van der Waals surface area contributed by atoms with Crippen LogP contribution in [0.2, 0.25) is 0 Å². The molecule has 0 aromatic carbocycles. The fourth-order valence-electron chi connectivity index (χ4n) is 1.18. The minimum atomic E-state index is -0.602. The van der Waals surface area contributed by atoms with Gasteiger partial charge in [-0.2, -0.15) is 0 Å². The van der Waals surface area contributed by atoms with E-state index in [-0.39, 0.29) is 18.0 Å². The Morgan fingerprint density at radius 2 is 1.53 bits per heavy atom. The molecule has 0 atom stereocenters. The SMILES string of the molecule is CCOC(=O)C(C(C)=O)=C(CC)OCC. The van der Waals surface area contributed by atoms with Crippen LogP contribution in [0.25, 0.3) is 0 Å². The van der Waals surface area contributed by atoms with Gasteiger partial charge < -0.3 is 9.47 Å². The van der Waals surface area contributed by atoms with E-state index in [4.69, 9.17) is 9.47 Å². The van der Waals surface area contributed by atoms with Crippen LogP contribution in [0.1, 0.15) is 34.1 Å². The predicted octanol–water partition coefficient (Wildman–Crippen LogP) is 1.84. The molecule has 86 valence electrons. The van der Waals surface area contributed by atoms with Crippen molar-refractivity contribution >= 4 is 11.8 Å². The second-order valence-corrected chi connectivity index (χ2v) is 2.86. The Morgan fingerprint density at radius 3 is 1.87 bits per heavy atom. The molecule has 0 aliphatic heterocycles. The largest absolute Gasteiger partial charge is 0.497 e. The van der Waals surface area contributed by atoms with Gasteiger partial charge in [0.05, 0.1) is 13.2 Å². The van der Waals surface area contributed by atoms with Crippen LogP contribution in [0.15, 0.2) is 11.3 Å². The second kappa shape index (κ2) is 7.04. The van der Waals surface area contributed by atoms with Crippen molar-refractivity contribution in [2.24, 2.45) is 0 Å². The van der Waals surface area contributed by atoms with Gasteiger partial charge in [-0.3, -0.25) is 4.79 Å². The average Bonchev–Trinajstić information content (AvgIpc) is 2.16. The summed E-state index contributed by atoms with van der Waals surface area (Å²) in [5.41, 5.74) is 0.0289. The highest BCUT2D eigenvalue weighted by atomic mass is 16.5. The third-order valence-corrected chi connectivity index (χ3v) is 1.75. The fourth-order valence-corrected chi connectivity index (χ4v) is 1.18. The molecule has 0 spiro atoms. The number of Topliss-reactive ketones (excluding diaryl/α,β-unsaturated/α-hetero) is 1. The lowest BCUT2D eigenvalue weighted by Gasteiger charge is -2.11. The van der Waals surface area contributed by atoms with Crippen LogP contribution in [-0.4, -0.2) is 25.0 Å². The molecule has 0 fully saturated rings. The van der Waals surface area contributed by atoms with E-state index in [1.165, 1.54) is 6.92 Å². The van der Waals surface area contributed by atoms with Gasteiger partial charge in [0.15, 0.2) is 5.78 Å². The lowest BCUT2D eigenvalue weighted by molar-refractivity contribution is -0.140. The Kier molecular flexibility index (Phi) is 6.42. The van der Waals surface area contributed by atoms with E-state index >= 15 is 0 Å². The maximum atomic E-state index is 11.5. The van der Waals surface area contributed by atoms with Crippen LogP contribution in [0.4, 0.5) is 0 Å². The Bertz CT molecular complexity index is 266. The third kappa shape index (κ3) is 4.14. The van der Waals surface area contributed by atoms with Gasteiger partial charge in [0.25, 0.3) is 0 Å². The van der Waals surface area contributed by atoms with Crippen LogP contribution in [-0.2, 0) is 19.1 Å². The molecule has 15 heavy (non-hydrogen) atoms. The molecule has 0 unspecified atom stereocenters. The number of allylic oxidation sites excluding steroid dienone is 1. The minimum absolute atomic E-state index is 0.0289. The highest BCUT2D eigenvalue weighted by Crippen LogP contribution is 2.13. The van der Waals surface area contributed by atoms with Crippen molar-refractivity contribution in [3.63, 3.8) is 0 Å². The molecule has 0 aliphatic rings. The molecule has 4 heteroatoms. The van der Waals surface area contributed by atoms with E-state index in [9.17, 15) is 9.59 Å². The molecule has 4 nitrogen and oxygen atoms in total. The minimum Gasteiger partial charge on any atom is -0.497 e. The van der Waals surface area contributed by atoms with Crippen molar-refractivity contribution in [1.29, 1.82) is 0 Å². The van der Waals surface area contributed by atoms with Gasteiger partial charge in [-0.15, -0.1) is 0 Å². The molecule has 0 heterocycles. The summed E-state index contributed by atoms with van der Waals surface area (Å²) in [7, 11) is 0. The monoisotopic (exact) mass is 214 g/mol. The summed E-state index contributed by atoms with van der Waals surface area (Å²) >= 11 is 0. The van der Waals surface area contributed by atoms with Crippen molar-refractivity contribution in [2.75, 3.05) is 13.2 Å². The van der Waals surface area contributed by atoms with Gasteiger partial charge in [0.2, 0.25) is 0 Å². The van der Waals surface area contributed by atoms with Crippen molar-refractivity contribution < 1.29 is 19.1 Å². The molecule has 0 saturated heterocycles. The Hall–Kier alpha value is -1.32. The normalized spacial score (nSPS) is 11.7. The molecule has 0 aliphatic carbocycles. The van der Waals surface area contributed by atoms with Gasteiger partial charge in [-0.05, 0) is 20.8 Å². The first-order valence-corrected chi connectivity index (χ1v) is 5.12. The summed E-state index contributed by atoms with van der Waals surface area (Å²) in [6, 6.07) is 0. The lowest BCUT2D eigenvalue weighted by atomic mass is 10.1. The number of hydrogen-bond acceptors (Lipinski definition) is 4. The number of carbonyl (C=O) groups is 2. The number of carbonyl (C=O) groups excluding carboxylic acids is 2. The van der Waals surface area contributed by atoms with Gasteiger partial charge in [0.1, 0.15) is 11.3 Å². The van der Waals surface area contributed by atoms with Gasteiger partial charge in [0, 0.05) is 6.42 Å². The Morgan fingerprint density at radius 1 is 1.00 bits per heavy atom. The summed E-state index contributed by atoms with van der Waals surface area (Å²) in [6.45, 7) is 7.34. The topological polar surface area (TPSA) is 52.6 Å². The van der Waals surface area contributed by atoms with Crippen LogP contribution in [0.3, 0.4) is 0 Å². The molecule has 0 aromatic heterocycles. The standard InChI is InChI=1S/C11H18O4/c1-5-9(14-6-2)10(8(4)12)11(13)15-7-3/h5-7H2,1-4H3. The van der Waals surface area contributed by atoms with E-state index in [2.05, 4.69) is 0 Å². The zero-order valence-corrected chi connectivity index (χ0v) is 9.75. The molecule has 0 bridgehead atoms. The molecule has 0 aromatic rings. The summed E-state index contributed by atoms with van der Waals surface area (Å²) in [5.74, 6) is -0.516. The fraction of sp³-hybridized carbons (Fsp3) is 0.636. The molecular formula is C11H18O4. The average molecular weight is 214 g/mol. The van der Waals surface area contributed by atoms with E-state index in [1.807, 2.05) is 6.92 Å². The Labute approximate surface area is 90.2 Å². The number of hydrogen-bond donors (Lipinski definition) is 0. The first-order valence-electron chi connectivity index (χ1n) is 5.12. The lowest BCUT2D eigenvalue weighted by Crippen LogP contribution is -2.17. The predicted molar refractivity (Wildman–Crippen MR) is 56.3 cm³/mol. The first kappa shape index (κ1) is 13.7. The zero-order valence-electron chi connectivity index (χ0n) is 9.75. The summed E-state index contributed by atoms with van der Waals surface area (Å²) in [5, 5.41) is 0. The van der Waals surface area contributed by atoms with Crippen molar-refractivity contribution in [3.8, 4) is 0 Å². The van der Waals surface area contributed by atoms with Crippen LogP contribution < -0.4 is 0 Å². The van der Waals surface area contributed by atoms with E-state index in [0.29, 0.717) is 18.8 Å². The molecule has 0 amide bonds. The van der Waals surface area contributed by atoms with Crippen LogP contribution >= 0.6 is 0 Å². The maximum Gasteiger partial charge on any atom is 0.345 e. The number of rotatable bonds is 6. The highest BCUT2D eigenvalue weighted by Gasteiger charge is 2.21. The molecular weight excluding hydrogens is 196 g/mol. The van der Waals surface area contributed by atoms with Gasteiger partial charge >= 0.3 is 5.97 Å². The molecule has 0 N–H and O–H groups in total. The maximum absolute atomic E-state index is 11.5. The zero-order chi connectivity index (χ0) is 11.8. The van der Waals surface area contributed by atoms with Crippen molar-refractivity contribution in [1.82, 2.24) is 0 Å². The summed E-state index contributed by atoms with van der Waals surface area (Å²) in [6.07, 6.45) is 0.502. The Balaban J connectivity index is 5.05. The smallest absolute Gasteiger partial charge is 0.345 e. The van der Waals surface area contributed by atoms with Crippen LogP contribution in [0.5, 0.6) is 0 Å². The number of ether oxygens (including phenoxy) is 2. The van der Waals surface area contributed by atoms with E-state index < -0.39 is 5.97 Å². The highest BCUT2D eigenvalue weighted by molar-refractivity contribution is 6.16. The third-order valence-electron chi connectivity index (χ3n) is 1.75. The van der Waals surface area contributed by atoms with Gasteiger partial charge in [-0.25, -0.2) is 4.79 Å². The summed E-state index contributed by atoms with van der Waals surface area (Å²) in [4.78, 5) is 22.8.